The molecule has 0 saturated carbocycles. The zero-order valence-electron chi connectivity index (χ0n) is 10.7. The predicted octanol–water partition coefficient (Wildman–Crippen LogP) is 4.51. The van der Waals surface area contributed by atoms with E-state index in [1.807, 2.05) is 18.2 Å². The van der Waals surface area contributed by atoms with E-state index in [0.717, 1.165) is 11.6 Å². The number of hydrogen-bond donors (Lipinski definition) is 0. The highest BCUT2D eigenvalue weighted by Gasteiger charge is 2.34. The van der Waals surface area contributed by atoms with Gasteiger partial charge in [0, 0.05) is 0 Å². The smallest absolute Gasteiger partial charge is 0.356 e. The Bertz CT molecular complexity index is 606. The van der Waals surface area contributed by atoms with Crippen LogP contribution in [0, 0.1) is 0 Å². The van der Waals surface area contributed by atoms with Crippen molar-refractivity contribution >= 4 is 5.71 Å². The lowest BCUT2D eigenvalue weighted by Crippen LogP contribution is -2.07. The van der Waals surface area contributed by atoms with Crippen molar-refractivity contribution < 1.29 is 18.0 Å². The highest BCUT2D eigenvalue weighted by Crippen LogP contribution is 2.35. The summed E-state index contributed by atoms with van der Waals surface area (Å²) in [5.41, 5.74) is 0.448. The lowest BCUT2D eigenvalue weighted by atomic mass is 10.1. The monoisotopic (exact) mass is 279 g/mol. The number of alkyl halides is 3. The second-order valence-corrected chi connectivity index (χ2v) is 4.13. The molecule has 0 amide bonds. The van der Waals surface area contributed by atoms with E-state index in [0.29, 0.717) is 5.71 Å². The number of hydrogen-bond acceptors (Lipinski definition) is 2. The maximum absolute atomic E-state index is 12.8. The Morgan fingerprint density at radius 1 is 0.950 bits per heavy atom. The van der Waals surface area contributed by atoms with Gasteiger partial charge in [0.2, 0.25) is 0 Å². The second kappa shape index (κ2) is 5.77. The average molecular weight is 279 g/mol. The van der Waals surface area contributed by atoms with Crippen LogP contribution in [-0.4, -0.2) is 5.71 Å². The number of halogens is 3. The molecule has 0 saturated heterocycles. The average Bonchev–Trinajstić information content (AvgIpc) is 2.45. The summed E-state index contributed by atoms with van der Waals surface area (Å²) in [6.45, 7) is 1.67. The van der Waals surface area contributed by atoms with Gasteiger partial charge in [-0.05, 0) is 24.6 Å². The van der Waals surface area contributed by atoms with Gasteiger partial charge in [-0.2, -0.15) is 13.2 Å². The highest BCUT2D eigenvalue weighted by atomic mass is 19.4. The maximum Gasteiger partial charge on any atom is 0.420 e. The molecule has 0 aliphatic heterocycles. The number of nitrogens with zero attached hydrogens (tertiary/aromatic N) is 1. The Hall–Kier alpha value is -2.30. The Morgan fingerprint density at radius 3 is 2.20 bits per heavy atom. The van der Waals surface area contributed by atoms with E-state index in [2.05, 4.69) is 5.16 Å². The molecule has 0 aliphatic rings. The Kier molecular flexibility index (Phi) is 4.08. The first-order valence-corrected chi connectivity index (χ1v) is 5.92. The minimum atomic E-state index is -4.47. The SMILES string of the molecule is C/C(=N/Oc1ccccc1C(F)(F)F)c1ccccc1. The predicted molar refractivity (Wildman–Crippen MR) is 70.7 cm³/mol. The van der Waals surface area contributed by atoms with Crippen molar-refractivity contribution in [3.8, 4) is 5.75 Å². The molecule has 0 fully saturated rings. The van der Waals surface area contributed by atoms with Gasteiger partial charge in [-0.3, -0.25) is 0 Å². The summed E-state index contributed by atoms with van der Waals surface area (Å²) in [6.07, 6.45) is -4.47. The van der Waals surface area contributed by atoms with Crippen LogP contribution < -0.4 is 4.84 Å². The van der Waals surface area contributed by atoms with Crippen LogP contribution in [0.1, 0.15) is 18.1 Å². The first-order valence-electron chi connectivity index (χ1n) is 5.92. The number of rotatable bonds is 3. The van der Waals surface area contributed by atoms with Crippen LogP contribution >= 0.6 is 0 Å². The molecule has 0 aromatic heterocycles. The Balaban J connectivity index is 2.24. The van der Waals surface area contributed by atoms with Gasteiger partial charge in [0.15, 0.2) is 5.75 Å². The van der Waals surface area contributed by atoms with Crippen molar-refractivity contribution in [2.24, 2.45) is 5.16 Å². The van der Waals surface area contributed by atoms with Crippen LogP contribution in [0.25, 0.3) is 0 Å². The van der Waals surface area contributed by atoms with Crippen molar-refractivity contribution in [3.05, 3.63) is 65.7 Å². The molecular weight excluding hydrogens is 267 g/mol. The van der Waals surface area contributed by atoms with Gasteiger partial charge in [0.25, 0.3) is 0 Å². The minimum Gasteiger partial charge on any atom is -0.356 e. The van der Waals surface area contributed by atoms with Crippen LogP contribution in [0.2, 0.25) is 0 Å². The summed E-state index contributed by atoms with van der Waals surface area (Å²) in [5, 5.41) is 3.76. The van der Waals surface area contributed by atoms with E-state index in [-0.39, 0.29) is 5.75 Å². The molecule has 0 spiro atoms. The van der Waals surface area contributed by atoms with E-state index in [4.69, 9.17) is 4.84 Å². The highest BCUT2D eigenvalue weighted by molar-refractivity contribution is 5.98. The molecule has 104 valence electrons. The van der Waals surface area contributed by atoms with E-state index in [1.54, 1.807) is 19.1 Å². The summed E-state index contributed by atoms with van der Waals surface area (Å²) in [4.78, 5) is 4.95. The summed E-state index contributed by atoms with van der Waals surface area (Å²) in [5.74, 6) is -0.310. The lowest BCUT2D eigenvalue weighted by Gasteiger charge is -2.10. The van der Waals surface area contributed by atoms with Gasteiger partial charge in [-0.15, -0.1) is 0 Å². The van der Waals surface area contributed by atoms with Gasteiger partial charge in [-0.25, -0.2) is 0 Å². The summed E-state index contributed by atoms with van der Waals surface area (Å²) >= 11 is 0. The van der Waals surface area contributed by atoms with Gasteiger partial charge in [0.1, 0.15) is 5.56 Å². The molecule has 2 aromatic carbocycles. The summed E-state index contributed by atoms with van der Waals surface area (Å²) in [7, 11) is 0. The first-order chi connectivity index (χ1) is 9.48. The third kappa shape index (κ3) is 3.38. The Labute approximate surface area is 114 Å². The van der Waals surface area contributed by atoms with Crippen molar-refractivity contribution in [1.82, 2.24) is 0 Å². The summed E-state index contributed by atoms with van der Waals surface area (Å²) in [6, 6.07) is 14.1. The molecular formula is C15H12F3NO. The molecule has 20 heavy (non-hydrogen) atoms. The molecule has 5 heteroatoms. The quantitative estimate of drug-likeness (QED) is 0.598. The fraction of sp³-hybridized carbons (Fsp3) is 0.133. The third-order valence-corrected chi connectivity index (χ3v) is 2.66. The maximum atomic E-state index is 12.8. The zero-order valence-corrected chi connectivity index (χ0v) is 10.7. The van der Waals surface area contributed by atoms with Crippen LogP contribution in [0.5, 0.6) is 5.75 Å². The van der Waals surface area contributed by atoms with Gasteiger partial charge < -0.3 is 4.84 Å². The molecule has 0 unspecified atom stereocenters. The van der Waals surface area contributed by atoms with Crippen molar-refractivity contribution in [3.63, 3.8) is 0 Å². The van der Waals surface area contributed by atoms with Gasteiger partial charge >= 0.3 is 6.18 Å². The second-order valence-electron chi connectivity index (χ2n) is 4.13. The molecule has 0 atom stereocenters. The largest absolute Gasteiger partial charge is 0.420 e. The van der Waals surface area contributed by atoms with E-state index in [9.17, 15) is 13.2 Å². The molecule has 2 nitrogen and oxygen atoms in total. The minimum absolute atomic E-state index is 0.310. The molecule has 0 bridgehead atoms. The molecule has 0 radical (unpaired) electrons. The third-order valence-electron chi connectivity index (χ3n) is 2.66. The van der Waals surface area contributed by atoms with Crippen LogP contribution in [0.3, 0.4) is 0 Å². The van der Waals surface area contributed by atoms with E-state index >= 15 is 0 Å². The molecule has 0 aliphatic carbocycles. The number of para-hydroxylation sites is 1. The van der Waals surface area contributed by atoms with E-state index < -0.39 is 11.7 Å². The molecule has 2 aromatic rings. The van der Waals surface area contributed by atoms with Gasteiger partial charge in [-0.1, -0.05) is 47.6 Å². The summed E-state index contributed by atoms with van der Waals surface area (Å²) < 4.78 is 38.3. The fourth-order valence-electron chi connectivity index (χ4n) is 1.63. The van der Waals surface area contributed by atoms with Gasteiger partial charge in [0.05, 0.1) is 5.71 Å². The molecule has 0 N–H and O–H groups in total. The van der Waals surface area contributed by atoms with Crippen molar-refractivity contribution in [2.75, 3.05) is 0 Å². The molecule has 0 heterocycles. The fourth-order valence-corrected chi connectivity index (χ4v) is 1.63. The standard InChI is InChI=1S/C15H12F3NO/c1-11(12-7-3-2-4-8-12)19-20-14-10-6-5-9-13(14)15(16,17)18/h2-10H,1H3/b19-11-. The van der Waals surface area contributed by atoms with Crippen LogP contribution in [0.15, 0.2) is 59.8 Å². The topological polar surface area (TPSA) is 21.6 Å². The van der Waals surface area contributed by atoms with Crippen LogP contribution in [0.4, 0.5) is 13.2 Å². The van der Waals surface area contributed by atoms with E-state index in [1.165, 1.54) is 18.2 Å². The lowest BCUT2D eigenvalue weighted by molar-refractivity contribution is -0.138. The van der Waals surface area contributed by atoms with Crippen molar-refractivity contribution in [1.29, 1.82) is 0 Å². The van der Waals surface area contributed by atoms with Crippen LogP contribution in [-0.2, 0) is 6.18 Å². The number of benzene rings is 2. The normalized spacial score (nSPS) is 12.3. The zero-order chi connectivity index (χ0) is 14.6. The first kappa shape index (κ1) is 14.1. The number of oxime groups is 1. The van der Waals surface area contributed by atoms with Crippen molar-refractivity contribution in [2.45, 2.75) is 13.1 Å². The Morgan fingerprint density at radius 2 is 1.55 bits per heavy atom. The molecule has 2 rings (SSSR count).